The van der Waals surface area contributed by atoms with Gasteiger partial charge in [0, 0.05) is 25.5 Å². The molecule has 2 aromatic heterocycles. The van der Waals surface area contributed by atoms with Gasteiger partial charge in [-0.3, -0.25) is 4.79 Å². The molecule has 0 unspecified atom stereocenters. The first-order valence-electron chi connectivity index (χ1n) is 8.17. The zero-order valence-electron chi connectivity index (χ0n) is 13.2. The van der Waals surface area contributed by atoms with Crippen LogP contribution >= 0.6 is 0 Å². The molecule has 0 bridgehead atoms. The molecule has 0 aromatic carbocycles. The van der Waals surface area contributed by atoms with Gasteiger partial charge in [0.1, 0.15) is 5.65 Å². The molecule has 118 valence electrons. The van der Waals surface area contributed by atoms with Crippen LogP contribution in [0.4, 0.5) is 0 Å². The minimum Gasteiger partial charge on any atom is -0.342 e. The average molecular weight is 300 g/mol. The smallest absolute Gasteiger partial charge is 0.228 e. The first-order valence-corrected chi connectivity index (χ1v) is 8.17. The second-order valence-corrected chi connectivity index (χ2v) is 6.01. The molecule has 1 aliphatic rings. The molecule has 3 heterocycles. The highest BCUT2D eigenvalue weighted by molar-refractivity contribution is 5.78. The molecule has 2 aromatic rings. The Morgan fingerprint density at radius 1 is 1.36 bits per heavy atom. The number of fused-ring (bicyclic) bond motifs is 1. The molecule has 0 atom stereocenters. The number of imidazole rings is 1. The van der Waals surface area contributed by atoms with Gasteiger partial charge in [0.05, 0.1) is 12.1 Å². The summed E-state index contributed by atoms with van der Waals surface area (Å²) in [6.45, 7) is 5.98. The minimum absolute atomic E-state index is 0.199. The van der Waals surface area contributed by atoms with Crippen molar-refractivity contribution in [1.29, 1.82) is 0 Å². The number of nitrogens with one attached hydrogen (secondary N) is 1. The predicted molar refractivity (Wildman–Crippen MR) is 86.7 cm³/mol. The molecule has 1 aliphatic heterocycles. The Morgan fingerprint density at radius 3 is 2.91 bits per heavy atom. The van der Waals surface area contributed by atoms with Gasteiger partial charge in [-0.15, -0.1) is 0 Å². The van der Waals surface area contributed by atoms with Crippen molar-refractivity contribution in [2.24, 2.45) is 5.92 Å². The molecule has 22 heavy (non-hydrogen) atoms. The maximum atomic E-state index is 12.4. The fraction of sp³-hybridized carbons (Fsp3) is 0.529. The normalized spacial score (nSPS) is 16.3. The molecular formula is C17H24N4O. The van der Waals surface area contributed by atoms with Crippen LogP contribution in [0.25, 0.3) is 5.65 Å². The summed E-state index contributed by atoms with van der Waals surface area (Å²) < 4.78 is 1.96. The van der Waals surface area contributed by atoms with Gasteiger partial charge in [-0.05, 0) is 44.0 Å². The zero-order chi connectivity index (χ0) is 15.4. The Morgan fingerprint density at radius 2 is 2.18 bits per heavy atom. The predicted octanol–water partition coefficient (Wildman–Crippen LogP) is 1.72. The SMILES string of the molecule is CCNCC1CCN(C(=O)Cc2cn3ccccc3n2)CC1. The fourth-order valence-corrected chi connectivity index (χ4v) is 3.07. The highest BCUT2D eigenvalue weighted by Gasteiger charge is 2.23. The van der Waals surface area contributed by atoms with Gasteiger partial charge in [-0.1, -0.05) is 13.0 Å². The third-order valence-corrected chi connectivity index (χ3v) is 4.40. The van der Waals surface area contributed by atoms with E-state index in [0.29, 0.717) is 12.3 Å². The molecular weight excluding hydrogens is 276 g/mol. The van der Waals surface area contributed by atoms with E-state index in [1.165, 1.54) is 0 Å². The lowest BCUT2D eigenvalue weighted by atomic mass is 9.96. The van der Waals surface area contributed by atoms with Crippen molar-refractivity contribution >= 4 is 11.6 Å². The van der Waals surface area contributed by atoms with Gasteiger partial charge < -0.3 is 14.6 Å². The van der Waals surface area contributed by atoms with Crippen LogP contribution < -0.4 is 5.32 Å². The van der Waals surface area contributed by atoms with Gasteiger partial charge in [-0.25, -0.2) is 4.98 Å². The highest BCUT2D eigenvalue weighted by Crippen LogP contribution is 2.17. The quantitative estimate of drug-likeness (QED) is 0.915. The van der Waals surface area contributed by atoms with Crippen molar-refractivity contribution in [1.82, 2.24) is 19.6 Å². The summed E-state index contributed by atoms with van der Waals surface area (Å²) in [5.74, 6) is 0.907. The van der Waals surface area contributed by atoms with E-state index < -0.39 is 0 Å². The van der Waals surface area contributed by atoms with E-state index >= 15 is 0 Å². The topological polar surface area (TPSA) is 49.6 Å². The summed E-state index contributed by atoms with van der Waals surface area (Å²) in [6, 6.07) is 5.89. The van der Waals surface area contributed by atoms with Crippen LogP contribution in [0.5, 0.6) is 0 Å². The summed E-state index contributed by atoms with van der Waals surface area (Å²) in [6.07, 6.45) is 6.51. The number of pyridine rings is 1. The maximum Gasteiger partial charge on any atom is 0.228 e. The van der Waals surface area contributed by atoms with Crippen LogP contribution in [0.1, 0.15) is 25.5 Å². The zero-order valence-corrected chi connectivity index (χ0v) is 13.2. The van der Waals surface area contributed by atoms with Crippen LogP contribution in [-0.4, -0.2) is 46.4 Å². The summed E-state index contributed by atoms with van der Waals surface area (Å²) in [5.41, 5.74) is 1.75. The fourth-order valence-electron chi connectivity index (χ4n) is 3.07. The Balaban J connectivity index is 1.54. The van der Waals surface area contributed by atoms with Crippen molar-refractivity contribution in [2.45, 2.75) is 26.2 Å². The number of nitrogens with zero attached hydrogens (tertiary/aromatic N) is 3. The number of amides is 1. The number of rotatable bonds is 5. The third-order valence-electron chi connectivity index (χ3n) is 4.40. The lowest BCUT2D eigenvalue weighted by Gasteiger charge is -2.32. The van der Waals surface area contributed by atoms with Crippen LogP contribution in [0.2, 0.25) is 0 Å². The van der Waals surface area contributed by atoms with Gasteiger partial charge in [0.25, 0.3) is 0 Å². The first kappa shape index (κ1) is 15.0. The van der Waals surface area contributed by atoms with Crippen LogP contribution in [0, 0.1) is 5.92 Å². The van der Waals surface area contributed by atoms with Crippen LogP contribution in [-0.2, 0) is 11.2 Å². The number of likely N-dealkylation sites (tertiary alicyclic amines) is 1. The molecule has 5 nitrogen and oxygen atoms in total. The number of carbonyl (C=O) groups excluding carboxylic acids is 1. The maximum absolute atomic E-state index is 12.4. The second-order valence-electron chi connectivity index (χ2n) is 6.01. The van der Waals surface area contributed by atoms with Crippen LogP contribution in [0.3, 0.4) is 0 Å². The molecule has 1 fully saturated rings. The van der Waals surface area contributed by atoms with E-state index in [1.54, 1.807) is 0 Å². The lowest BCUT2D eigenvalue weighted by Crippen LogP contribution is -2.41. The van der Waals surface area contributed by atoms with Crippen molar-refractivity contribution in [2.75, 3.05) is 26.2 Å². The Kier molecular flexibility index (Phi) is 4.73. The van der Waals surface area contributed by atoms with E-state index in [0.717, 1.165) is 50.4 Å². The standard InChI is InChI=1S/C17H24N4O/c1-2-18-12-14-6-9-20(10-7-14)17(22)11-15-13-21-8-4-3-5-16(21)19-15/h3-5,8,13-14,18H,2,6-7,9-12H2,1H3. The first-order chi connectivity index (χ1) is 10.8. The third kappa shape index (κ3) is 3.47. The number of hydrogen-bond acceptors (Lipinski definition) is 3. The van der Waals surface area contributed by atoms with Crippen molar-refractivity contribution < 1.29 is 4.79 Å². The number of aromatic nitrogens is 2. The molecule has 1 saturated heterocycles. The minimum atomic E-state index is 0.199. The van der Waals surface area contributed by atoms with E-state index in [-0.39, 0.29) is 5.91 Å². The lowest BCUT2D eigenvalue weighted by molar-refractivity contribution is -0.131. The number of piperidine rings is 1. The highest BCUT2D eigenvalue weighted by atomic mass is 16.2. The molecule has 0 aliphatic carbocycles. The molecule has 3 rings (SSSR count). The van der Waals surface area contributed by atoms with Gasteiger partial charge >= 0.3 is 0 Å². The van der Waals surface area contributed by atoms with Crippen molar-refractivity contribution in [3.05, 3.63) is 36.3 Å². The summed E-state index contributed by atoms with van der Waals surface area (Å²) in [5, 5.41) is 3.40. The number of carbonyl (C=O) groups is 1. The largest absolute Gasteiger partial charge is 0.342 e. The van der Waals surface area contributed by atoms with Gasteiger partial charge in [-0.2, -0.15) is 0 Å². The van der Waals surface area contributed by atoms with E-state index in [4.69, 9.17) is 0 Å². The second kappa shape index (κ2) is 6.92. The summed E-state index contributed by atoms with van der Waals surface area (Å²) in [7, 11) is 0. The van der Waals surface area contributed by atoms with E-state index in [9.17, 15) is 4.79 Å². The molecule has 0 saturated carbocycles. The van der Waals surface area contributed by atoms with Gasteiger partial charge in [0.2, 0.25) is 5.91 Å². The monoisotopic (exact) mass is 300 g/mol. The molecule has 0 spiro atoms. The van der Waals surface area contributed by atoms with E-state index in [2.05, 4.69) is 17.2 Å². The molecule has 1 N–H and O–H groups in total. The Bertz CT molecular complexity index is 595. The summed E-state index contributed by atoms with van der Waals surface area (Å²) in [4.78, 5) is 18.9. The summed E-state index contributed by atoms with van der Waals surface area (Å²) >= 11 is 0. The Hall–Kier alpha value is -1.88. The molecule has 1 amide bonds. The van der Waals surface area contributed by atoms with Crippen LogP contribution in [0.15, 0.2) is 30.6 Å². The molecule has 5 heteroatoms. The molecule has 0 radical (unpaired) electrons. The number of hydrogen-bond donors (Lipinski definition) is 1. The van der Waals surface area contributed by atoms with Crippen molar-refractivity contribution in [3.8, 4) is 0 Å². The van der Waals surface area contributed by atoms with E-state index in [1.807, 2.05) is 39.9 Å². The average Bonchev–Trinajstić information content (AvgIpc) is 2.95. The Labute approximate surface area is 131 Å². The van der Waals surface area contributed by atoms with Gasteiger partial charge in [0.15, 0.2) is 0 Å². The van der Waals surface area contributed by atoms with Crippen molar-refractivity contribution in [3.63, 3.8) is 0 Å².